The van der Waals surface area contributed by atoms with Crippen LogP contribution in [0.2, 0.25) is 0 Å². The summed E-state index contributed by atoms with van der Waals surface area (Å²) in [6.07, 6.45) is 4.80. The highest BCUT2D eigenvalue weighted by atomic mass is 32.2. The predicted molar refractivity (Wildman–Crippen MR) is 116 cm³/mol. The van der Waals surface area contributed by atoms with Crippen molar-refractivity contribution in [1.29, 1.82) is 0 Å². The van der Waals surface area contributed by atoms with Gasteiger partial charge in [0.1, 0.15) is 5.75 Å². The molecule has 1 aliphatic carbocycles. The lowest BCUT2D eigenvalue weighted by atomic mass is 9.92. The van der Waals surface area contributed by atoms with Gasteiger partial charge in [0.25, 0.3) is 0 Å². The van der Waals surface area contributed by atoms with Crippen molar-refractivity contribution in [2.45, 2.75) is 50.0 Å². The van der Waals surface area contributed by atoms with Crippen LogP contribution in [0.5, 0.6) is 5.75 Å². The van der Waals surface area contributed by atoms with Gasteiger partial charge in [-0.05, 0) is 73.9 Å². The van der Waals surface area contributed by atoms with E-state index in [1.807, 2.05) is 6.07 Å². The van der Waals surface area contributed by atoms with Crippen molar-refractivity contribution in [2.75, 3.05) is 18.4 Å². The van der Waals surface area contributed by atoms with Crippen LogP contribution in [0.1, 0.15) is 36.8 Å². The number of aryl methyl sites for hydroxylation is 2. The number of alkyl halides is 2. The number of carbonyl (C=O) groups is 1. The summed E-state index contributed by atoms with van der Waals surface area (Å²) in [4.78, 5) is 13.0. The molecule has 32 heavy (non-hydrogen) atoms. The fraction of sp³-hybridized carbons (Fsp3) is 0.435. The summed E-state index contributed by atoms with van der Waals surface area (Å²) in [5.41, 5.74) is 2.50. The number of piperidine rings is 1. The lowest BCUT2D eigenvalue weighted by molar-refractivity contribution is -0.121. The number of amides is 1. The van der Waals surface area contributed by atoms with Crippen LogP contribution in [0.25, 0.3) is 0 Å². The molecule has 1 N–H and O–H groups in total. The van der Waals surface area contributed by atoms with Gasteiger partial charge in [0, 0.05) is 19.0 Å². The van der Waals surface area contributed by atoms with E-state index >= 15 is 0 Å². The standard InChI is InChI=1S/C23H26F2N2O4S/c24-23(25)31-21-8-4-3-7-20(21)26-22(28)17-11-13-27(14-12-17)32(29,30)19-10-9-16-5-1-2-6-18(16)15-19/h3-4,7-10,15,17,23H,1-2,5-6,11-14H2,(H,26,28). The van der Waals surface area contributed by atoms with Crippen LogP contribution in [0.3, 0.4) is 0 Å². The quantitative estimate of drug-likeness (QED) is 0.695. The number of para-hydroxylation sites is 2. The molecule has 1 saturated heterocycles. The highest BCUT2D eigenvalue weighted by Crippen LogP contribution is 2.30. The van der Waals surface area contributed by atoms with Crippen molar-refractivity contribution >= 4 is 21.6 Å². The van der Waals surface area contributed by atoms with E-state index in [9.17, 15) is 22.0 Å². The third kappa shape index (κ3) is 4.94. The molecule has 0 unspecified atom stereocenters. The number of hydrogen-bond acceptors (Lipinski definition) is 4. The molecule has 1 amide bonds. The second-order valence-corrected chi connectivity index (χ2v) is 10.1. The van der Waals surface area contributed by atoms with Crippen molar-refractivity contribution in [1.82, 2.24) is 4.31 Å². The first-order valence-corrected chi connectivity index (χ1v) is 12.3. The maximum absolute atomic E-state index is 13.1. The van der Waals surface area contributed by atoms with E-state index in [0.717, 1.165) is 31.2 Å². The first kappa shape index (κ1) is 22.7. The molecule has 0 bridgehead atoms. The molecular formula is C23H26F2N2O4S. The molecule has 0 saturated carbocycles. The van der Waals surface area contributed by atoms with E-state index < -0.39 is 22.6 Å². The first-order valence-electron chi connectivity index (χ1n) is 10.8. The molecule has 1 fully saturated rings. The van der Waals surface area contributed by atoms with Crippen molar-refractivity contribution in [3.8, 4) is 5.75 Å². The summed E-state index contributed by atoms with van der Waals surface area (Å²) in [6.45, 7) is -2.54. The topological polar surface area (TPSA) is 75.7 Å². The maximum Gasteiger partial charge on any atom is 0.387 e. The van der Waals surface area contributed by atoms with Crippen LogP contribution in [0.15, 0.2) is 47.4 Å². The molecule has 2 aromatic rings. The summed E-state index contributed by atoms with van der Waals surface area (Å²) in [5, 5.41) is 2.64. The molecule has 9 heteroatoms. The smallest absolute Gasteiger partial charge is 0.387 e. The Balaban J connectivity index is 1.39. The van der Waals surface area contributed by atoms with E-state index in [1.54, 1.807) is 18.2 Å². The maximum atomic E-state index is 13.1. The van der Waals surface area contributed by atoms with Crippen LogP contribution in [0.4, 0.5) is 14.5 Å². The van der Waals surface area contributed by atoms with Gasteiger partial charge in [0.05, 0.1) is 10.6 Å². The lowest BCUT2D eigenvalue weighted by Gasteiger charge is -2.31. The van der Waals surface area contributed by atoms with Crippen LogP contribution < -0.4 is 10.1 Å². The average Bonchev–Trinajstić information content (AvgIpc) is 2.79. The largest absolute Gasteiger partial charge is 0.433 e. The molecule has 0 aromatic heterocycles. The van der Waals surface area contributed by atoms with Crippen molar-refractivity contribution in [2.24, 2.45) is 5.92 Å². The number of halogens is 2. The van der Waals surface area contributed by atoms with Crippen molar-refractivity contribution < 1.29 is 26.7 Å². The number of carbonyl (C=O) groups excluding carboxylic acids is 1. The highest BCUT2D eigenvalue weighted by Gasteiger charge is 2.33. The lowest BCUT2D eigenvalue weighted by Crippen LogP contribution is -2.41. The monoisotopic (exact) mass is 464 g/mol. The molecule has 172 valence electrons. The van der Waals surface area contributed by atoms with Crippen LogP contribution in [0, 0.1) is 5.92 Å². The fourth-order valence-corrected chi connectivity index (χ4v) is 5.90. The second kappa shape index (κ2) is 9.54. The Morgan fingerprint density at radius 1 is 1.03 bits per heavy atom. The fourth-order valence-electron chi connectivity index (χ4n) is 4.38. The van der Waals surface area contributed by atoms with Gasteiger partial charge in [0.2, 0.25) is 15.9 Å². The van der Waals surface area contributed by atoms with Crippen molar-refractivity contribution in [3.05, 3.63) is 53.6 Å². The summed E-state index contributed by atoms with van der Waals surface area (Å²) in [5.74, 6) is -0.853. The number of fused-ring (bicyclic) bond motifs is 1. The van der Waals surface area contributed by atoms with Crippen LogP contribution in [-0.2, 0) is 27.7 Å². The zero-order chi connectivity index (χ0) is 22.7. The Morgan fingerprint density at radius 3 is 2.44 bits per heavy atom. The number of nitrogens with one attached hydrogen (secondary N) is 1. The minimum Gasteiger partial charge on any atom is -0.433 e. The van der Waals surface area contributed by atoms with E-state index in [-0.39, 0.29) is 30.4 Å². The molecule has 1 aliphatic heterocycles. The Kier molecular flexibility index (Phi) is 6.76. The Hall–Kier alpha value is -2.52. The van der Waals surface area contributed by atoms with Gasteiger partial charge in [-0.1, -0.05) is 18.2 Å². The van der Waals surface area contributed by atoms with Crippen LogP contribution >= 0.6 is 0 Å². The van der Waals surface area contributed by atoms with Gasteiger partial charge in [-0.3, -0.25) is 4.79 Å². The zero-order valence-electron chi connectivity index (χ0n) is 17.6. The molecule has 0 atom stereocenters. The minimum atomic E-state index is -3.63. The first-order chi connectivity index (χ1) is 15.3. The Bertz CT molecular complexity index is 1080. The molecule has 4 rings (SSSR count). The van der Waals surface area contributed by atoms with E-state index in [0.29, 0.717) is 17.7 Å². The summed E-state index contributed by atoms with van der Waals surface area (Å²) in [7, 11) is -3.63. The summed E-state index contributed by atoms with van der Waals surface area (Å²) in [6, 6.07) is 11.4. The predicted octanol–water partition coefficient (Wildman–Crippen LogP) is 4.21. The number of nitrogens with zero attached hydrogens (tertiary/aromatic N) is 1. The Labute approximate surface area is 186 Å². The van der Waals surface area contributed by atoms with E-state index in [1.165, 1.54) is 28.1 Å². The number of sulfonamides is 1. The molecule has 2 aromatic carbocycles. The average molecular weight is 465 g/mol. The van der Waals surface area contributed by atoms with E-state index in [2.05, 4.69) is 10.1 Å². The third-order valence-corrected chi connectivity index (χ3v) is 8.04. The Morgan fingerprint density at radius 2 is 1.72 bits per heavy atom. The second-order valence-electron chi connectivity index (χ2n) is 8.18. The van der Waals surface area contributed by atoms with Crippen LogP contribution in [-0.4, -0.2) is 38.3 Å². The molecule has 1 heterocycles. The SMILES string of the molecule is O=C(Nc1ccccc1OC(F)F)C1CCN(S(=O)(=O)c2ccc3c(c2)CCCC3)CC1. The zero-order valence-corrected chi connectivity index (χ0v) is 18.4. The van der Waals surface area contributed by atoms with Gasteiger partial charge in [-0.2, -0.15) is 13.1 Å². The number of hydrogen-bond donors (Lipinski definition) is 1. The van der Waals surface area contributed by atoms with Gasteiger partial charge < -0.3 is 10.1 Å². The molecule has 0 spiro atoms. The summed E-state index contributed by atoms with van der Waals surface area (Å²) < 4.78 is 57.3. The number of ether oxygens (including phenoxy) is 1. The van der Waals surface area contributed by atoms with Gasteiger partial charge in [-0.15, -0.1) is 0 Å². The number of rotatable bonds is 6. The normalized spacial score (nSPS) is 17.7. The van der Waals surface area contributed by atoms with Gasteiger partial charge in [-0.25, -0.2) is 8.42 Å². The van der Waals surface area contributed by atoms with Crippen molar-refractivity contribution in [3.63, 3.8) is 0 Å². The molecule has 6 nitrogen and oxygen atoms in total. The highest BCUT2D eigenvalue weighted by molar-refractivity contribution is 7.89. The minimum absolute atomic E-state index is 0.108. The molecular weight excluding hydrogens is 438 g/mol. The number of benzene rings is 2. The third-order valence-electron chi connectivity index (χ3n) is 6.14. The molecule has 0 radical (unpaired) electrons. The summed E-state index contributed by atoms with van der Waals surface area (Å²) >= 11 is 0. The number of anilines is 1. The van der Waals surface area contributed by atoms with Gasteiger partial charge >= 0.3 is 6.61 Å². The van der Waals surface area contributed by atoms with E-state index in [4.69, 9.17) is 0 Å². The van der Waals surface area contributed by atoms with Gasteiger partial charge in [0.15, 0.2) is 0 Å². The molecule has 2 aliphatic rings.